The van der Waals surface area contributed by atoms with Gasteiger partial charge in [0.05, 0.1) is 24.7 Å². The Morgan fingerprint density at radius 1 is 1.50 bits per heavy atom. The molecule has 0 radical (unpaired) electrons. The van der Waals surface area contributed by atoms with Gasteiger partial charge in [0.2, 0.25) is 0 Å². The van der Waals surface area contributed by atoms with E-state index in [0.29, 0.717) is 11.9 Å². The molecule has 2 aromatic heterocycles. The van der Waals surface area contributed by atoms with Crippen molar-refractivity contribution in [1.82, 2.24) is 19.8 Å². The zero-order valence-corrected chi connectivity index (χ0v) is 13.7. The Balaban J connectivity index is 1.48. The van der Waals surface area contributed by atoms with Gasteiger partial charge in [0.1, 0.15) is 0 Å². The van der Waals surface area contributed by atoms with E-state index in [9.17, 15) is 4.79 Å². The largest absolute Gasteiger partial charge is 0.472 e. The van der Waals surface area contributed by atoms with E-state index >= 15 is 0 Å². The third-order valence-electron chi connectivity index (χ3n) is 4.94. The summed E-state index contributed by atoms with van der Waals surface area (Å²) in [5.74, 6) is 0.279. The molecular formula is C17H22N4O3. The summed E-state index contributed by atoms with van der Waals surface area (Å²) in [6.07, 6.45) is 9.07. The number of aromatic nitrogens is 2. The smallest absolute Gasteiger partial charge is 0.287 e. The summed E-state index contributed by atoms with van der Waals surface area (Å²) in [5, 5.41) is 3.12. The first-order valence-electron chi connectivity index (χ1n) is 8.37. The van der Waals surface area contributed by atoms with Gasteiger partial charge in [-0.05, 0) is 18.9 Å². The molecule has 1 amide bonds. The molecular weight excluding hydrogens is 308 g/mol. The van der Waals surface area contributed by atoms with E-state index in [1.165, 1.54) is 0 Å². The number of nitrogens with one attached hydrogen (secondary N) is 1. The molecule has 24 heavy (non-hydrogen) atoms. The highest BCUT2D eigenvalue weighted by molar-refractivity contribution is 5.91. The Morgan fingerprint density at radius 3 is 3.17 bits per heavy atom. The number of carbonyl (C=O) groups is 1. The molecule has 0 aromatic carbocycles. The lowest BCUT2D eigenvalue weighted by atomic mass is 10.0. The van der Waals surface area contributed by atoms with E-state index in [1.807, 2.05) is 13.1 Å². The summed E-state index contributed by atoms with van der Waals surface area (Å²) in [6, 6.07) is 2.30. The van der Waals surface area contributed by atoms with Crippen LogP contribution in [0.2, 0.25) is 0 Å². The summed E-state index contributed by atoms with van der Waals surface area (Å²) in [7, 11) is 1.82. The molecule has 0 aliphatic carbocycles. The number of nitrogens with zero attached hydrogens (tertiary/aromatic N) is 3. The second kappa shape index (κ2) is 6.41. The topological polar surface area (TPSA) is 72.5 Å². The number of imidazole rings is 1. The van der Waals surface area contributed by atoms with E-state index in [2.05, 4.69) is 15.2 Å². The van der Waals surface area contributed by atoms with Crippen LogP contribution in [0, 0.1) is 0 Å². The maximum Gasteiger partial charge on any atom is 0.287 e. The van der Waals surface area contributed by atoms with Crippen LogP contribution in [0.3, 0.4) is 0 Å². The Morgan fingerprint density at radius 2 is 2.42 bits per heavy atom. The van der Waals surface area contributed by atoms with Gasteiger partial charge in [-0.1, -0.05) is 0 Å². The van der Waals surface area contributed by atoms with Gasteiger partial charge in [0.15, 0.2) is 5.82 Å². The van der Waals surface area contributed by atoms with E-state index < -0.39 is 0 Å². The van der Waals surface area contributed by atoms with Crippen molar-refractivity contribution in [2.75, 3.05) is 13.2 Å². The molecule has 0 spiro atoms. The first kappa shape index (κ1) is 15.4. The fraction of sp³-hybridized carbons (Fsp3) is 0.529. The summed E-state index contributed by atoms with van der Waals surface area (Å²) < 4.78 is 12.9. The Bertz CT molecular complexity index is 697. The van der Waals surface area contributed by atoms with E-state index in [4.69, 9.17) is 9.15 Å². The number of hydrogen-bond acceptors (Lipinski definition) is 5. The van der Waals surface area contributed by atoms with Gasteiger partial charge < -0.3 is 19.0 Å². The predicted molar refractivity (Wildman–Crippen MR) is 86.3 cm³/mol. The van der Waals surface area contributed by atoms with Crippen LogP contribution in [-0.4, -0.2) is 51.7 Å². The van der Waals surface area contributed by atoms with Gasteiger partial charge in [-0.3, -0.25) is 9.69 Å². The van der Waals surface area contributed by atoms with Crippen molar-refractivity contribution in [2.24, 2.45) is 7.05 Å². The molecule has 1 N–H and O–H groups in total. The Kier molecular flexibility index (Phi) is 4.12. The summed E-state index contributed by atoms with van der Waals surface area (Å²) >= 11 is 0. The molecule has 7 nitrogen and oxygen atoms in total. The van der Waals surface area contributed by atoms with Crippen molar-refractivity contribution in [2.45, 2.75) is 37.6 Å². The molecule has 0 saturated carbocycles. The summed E-state index contributed by atoms with van der Waals surface area (Å²) in [5.41, 5.74) is 1.15. The lowest BCUT2D eigenvalue weighted by molar-refractivity contribution is -0.0212. The van der Waals surface area contributed by atoms with Crippen molar-refractivity contribution in [3.63, 3.8) is 0 Å². The van der Waals surface area contributed by atoms with E-state index in [0.717, 1.165) is 38.1 Å². The molecule has 2 aliphatic heterocycles. The van der Waals surface area contributed by atoms with Crippen LogP contribution in [0.15, 0.2) is 35.4 Å². The van der Waals surface area contributed by atoms with Crippen LogP contribution >= 0.6 is 0 Å². The second-order valence-electron chi connectivity index (χ2n) is 6.55. The highest BCUT2D eigenvalue weighted by atomic mass is 16.5. The lowest BCUT2D eigenvalue weighted by Gasteiger charge is -2.32. The fourth-order valence-electron chi connectivity index (χ4n) is 3.80. The first-order chi connectivity index (χ1) is 11.7. The number of rotatable bonds is 4. The molecule has 4 rings (SSSR count). The molecule has 3 atom stereocenters. The number of amides is 1. The quantitative estimate of drug-likeness (QED) is 0.911. The highest BCUT2D eigenvalue weighted by Crippen LogP contribution is 2.30. The van der Waals surface area contributed by atoms with Crippen LogP contribution in [0.1, 0.15) is 29.0 Å². The van der Waals surface area contributed by atoms with Crippen molar-refractivity contribution >= 4 is 5.91 Å². The Labute approximate surface area is 140 Å². The Hall–Kier alpha value is -2.12. The number of ether oxygens (including phenoxy) is 1. The van der Waals surface area contributed by atoms with Gasteiger partial charge in [-0.2, -0.15) is 0 Å². The number of carbonyl (C=O) groups excluding carboxylic acids is 1. The fourth-order valence-corrected chi connectivity index (χ4v) is 3.80. The lowest BCUT2D eigenvalue weighted by Crippen LogP contribution is -2.48. The van der Waals surface area contributed by atoms with Crippen molar-refractivity contribution < 1.29 is 13.9 Å². The average molecular weight is 330 g/mol. The monoisotopic (exact) mass is 330 g/mol. The van der Waals surface area contributed by atoms with E-state index in [1.54, 1.807) is 29.5 Å². The predicted octanol–water partition coefficient (Wildman–Crippen LogP) is 1.17. The standard InChI is InChI=1S/C17H22N4O3/c1-20-6-5-18-16(20)17(22)19-13-10-21(9-12-4-8-23-11-12)14-3-2-7-24-15(13)14/h4-6,8,11,13-15H,2-3,7,9-10H2,1H3,(H,19,22)/t13-,14-,15-/m1/s1. The molecule has 0 bridgehead atoms. The first-order valence-corrected chi connectivity index (χ1v) is 8.37. The number of fused-ring (bicyclic) bond motifs is 1. The number of furan rings is 1. The minimum atomic E-state index is -0.148. The van der Waals surface area contributed by atoms with Crippen LogP contribution in [0.5, 0.6) is 0 Å². The van der Waals surface area contributed by atoms with E-state index in [-0.39, 0.29) is 18.1 Å². The van der Waals surface area contributed by atoms with Crippen LogP contribution in [0.4, 0.5) is 0 Å². The molecule has 128 valence electrons. The number of aryl methyl sites for hydroxylation is 1. The van der Waals surface area contributed by atoms with Gasteiger partial charge >= 0.3 is 0 Å². The van der Waals surface area contributed by atoms with Crippen LogP contribution < -0.4 is 5.32 Å². The van der Waals surface area contributed by atoms with Gasteiger partial charge in [-0.25, -0.2) is 4.98 Å². The summed E-state index contributed by atoms with van der Waals surface area (Å²) in [6.45, 7) is 2.35. The van der Waals surface area contributed by atoms with Crippen molar-refractivity contribution in [1.29, 1.82) is 0 Å². The maximum atomic E-state index is 12.5. The van der Waals surface area contributed by atoms with Crippen molar-refractivity contribution in [3.8, 4) is 0 Å². The zero-order chi connectivity index (χ0) is 16.5. The van der Waals surface area contributed by atoms with Gasteiger partial charge in [0, 0.05) is 50.7 Å². The third-order valence-corrected chi connectivity index (χ3v) is 4.94. The van der Waals surface area contributed by atoms with Crippen molar-refractivity contribution in [3.05, 3.63) is 42.4 Å². The van der Waals surface area contributed by atoms with Crippen LogP contribution in [-0.2, 0) is 18.3 Å². The molecule has 4 heterocycles. The molecule has 2 aliphatic rings. The zero-order valence-electron chi connectivity index (χ0n) is 13.7. The average Bonchev–Trinajstić information content (AvgIpc) is 3.30. The molecule has 2 fully saturated rings. The molecule has 7 heteroatoms. The minimum absolute atomic E-state index is 0.0219. The SMILES string of the molecule is Cn1ccnc1C(=O)N[C@@H]1CN(Cc2ccoc2)[C@@H]2CCCO[C@@H]21. The maximum absolute atomic E-state index is 12.5. The third kappa shape index (κ3) is 2.85. The van der Waals surface area contributed by atoms with Gasteiger partial charge in [-0.15, -0.1) is 0 Å². The minimum Gasteiger partial charge on any atom is -0.472 e. The second-order valence-corrected chi connectivity index (χ2v) is 6.55. The molecule has 0 unspecified atom stereocenters. The number of likely N-dealkylation sites (tertiary alicyclic amines) is 1. The number of hydrogen-bond donors (Lipinski definition) is 1. The molecule has 2 saturated heterocycles. The highest BCUT2D eigenvalue weighted by Gasteiger charge is 2.44. The molecule has 2 aromatic rings. The van der Waals surface area contributed by atoms with Crippen LogP contribution in [0.25, 0.3) is 0 Å². The van der Waals surface area contributed by atoms with Gasteiger partial charge in [0.25, 0.3) is 5.91 Å². The summed E-state index contributed by atoms with van der Waals surface area (Å²) in [4.78, 5) is 19.0. The normalized spacial score (nSPS) is 27.1.